The topological polar surface area (TPSA) is 58.9 Å². The first kappa shape index (κ1) is 15.1. The summed E-state index contributed by atoms with van der Waals surface area (Å²) in [6.07, 6.45) is 5.14. The second-order valence-corrected chi connectivity index (χ2v) is 6.06. The zero-order valence-electron chi connectivity index (χ0n) is 11.9. The molecule has 0 aromatic heterocycles. The number of halogens is 1. The minimum absolute atomic E-state index is 0.0894. The van der Waals surface area contributed by atoms with Crippen LogP contribution in [0.15, 0.2) is 9.47 Å². The molecule has 1 N–H and O–H groups in total. The molecule has 20 heavy (non-hydrogen) atoms. The van der Waals surface area contributed by atoms with E-state index in [1.165, 1.54) is 7.11 Å². The Labute approximate surface area is 127 Å². The SMILES string of the molecule is COc1c(C)c(Br)c(C)c(C2(N=C=O)CCCC2)c1O. The van der Waals surface area contributed by atoms with Crippen LogP contribution in [-0.4, -0.2) is 18.3 Å². The van der Waals surface area contributed by atoms with E-state index in [0.29, 0.717) is 11.3 Å². The van der Waals surface area contributed by atoms with Gasteiger partial charge in [-0.25, -0.2) is 4.79 Å². The fraction of sp³-hybridized carbons (Fsp3) is 0.533. The van der Waals surface area contributed by atoms with Crippen molar-refractivity contribution in [3.8, 4) is 11.5 Å². The number of methoxy groups -OCH3 is 1. The molecule has 1 aromatic rings. The van der Waals surface area contributed by atoms with E-state index in [2.05, 4.69) is 20.9 Å². The molecule has 0 spiro atoms. The molecule has 2 rings (SSSR count). The van der Waals surface area contributed by atoms with Crippen molar-refractivity contribution in [2.45, 2.75) is 45.1 Å². The molecule has 0 heterocycles. The maximum atomic E-state index is 10.9. The number of hydrogen-bond donors (Lipinski definition) is 1. The van der Waals surface area contributed by atoms with E-state index in [4.69, 9.17) is 4.74 Å². The predicted molar refractivity (Wildman–Crippen MR) is 80.1 cm³/mol. The summed E-state index contributed by atoms with van der Waals surface area (Å²) in [6.45, 7) is 3.80. The van der Waals surface area contributed by atoms with Gasteiger partial charge in [-0.1, -0.05) is 28.8 Å². The molecule has 4 nitrogen and oxygen atoms in total. The number of isocyanates is 1. The van der Waals surface area contributed by atoms with Crippen molar-refractivity contribution in [2.75, 3.05) is 7.11 Å². The Hall–Kier alpha value is -1.32. The molecule has 0 atom stereocenters. The van der Waals surface area contributed by atoms with Crippen LogP contribution in [0, 0.1) is 13.8 Å². The van der Waals surface area contributed by atoms with E-state index >= 15 is 0 Å². The lowest BCUT2D eigenvalue weighted by Gasteiger charge is -2.28. The molecule has 0 saturated heterocycles. The normalized spacial score (nSPS) is 16.8. The van der Waals surface area contributed by atoms with Gasteiger partial charge < -0.3 is 9.84 Å². The Morgan fingerprint density at radius 1 is 1.30 bits per heavy atom. The molecule has 108 valence electrons. The van der Waals surface area contributed by atoms with Crippen molar-refractivity contribution >= 4 is 22.0 Å². The second-order valence-electron chi connectivity index (χ2n) is 5.26. The molecule has 0 radical (unpaired) electrons. The van der Waals surface area contributed by atoms with Crippen LogP contribution in [0.4, 0.5) is 0 Å². The van der Waals surface area contributed by atoms with Crippen LogP contribution in [0.25, 0.3) is 0 Å². The summed E-state index contributed by atoms with van der Waals surface area (Å²) in [7, 11) is 1.53. The highest BCUT2D eigenvalue weighted by atomic mass is 79.9. The first-order chi connectivity index (χ1) is 9.48. The van der Waals surface area contributed by atoms with E-state index in [1.54, 1.807) is 6.08 Å². The van der Waals surface area contributed by atoms with Crippen molar-refractivity contribution in [3.63, 3.8) is 0 Å². The lowest BCUT2D eigenvalue weighted by molar-refractivity contribution is 0.352. The first-order valence-corrected chi connectivity index (χ1v) is 7.43. The van der Waals surface area contributed by atoms with Gasteiger partial charge in [-0.05, 0) is 32.3 Å². The monoisotopic (exact) mass is 339 g/mol. The molecule has 1 aliphatic rings. The van der Waals surface area contributed by atoms with E-state index in [0.717, 1.165) is 41.3 Å². The Balaban J connectivity index is 2.79. The molecule has 0 unspecified atom stereocenters. The zero-order valence-corrected chi connectivity index (χ0v) is 13.5. The number of phenolic OH excluding ortho intramolecular Hbond substituents is 1. The minimum atomic E-state index is -0.667. The highest BCUT2D eigenvalue weighted by molar-refractivity contribution is 9.10. The van der Waals surface area contributed by atoms with Gasteiger partial charge in [-0.2, -0.15) is 4.99 Å². The molecule has 1 fully saturated rings. The first-order valence-electron chi connectivity index (χ1n) is 6.63. The second kappa shape index (κ2) is 5.58. The zero-order chi connectivity index (χ0) is 14.9. The number of benzene rings is 1. The van der Waals surface area contributed by atoms with E-state index < -0.39 is 5.54 Å². The lowest BCUT2D eigenvalue weighted by Crippen LogP contribution is -2.21. The Kier molecular flexibility index (Phi) is 4.21. The molecule has 0 bridgehead atoms. The molecule has 1 saturated carbocycles. The standard InChI is InChI=1S/C15H18BrNO3/c1-9-11(15(17-8-18)6-4-5-7-15)13(19)14(20-3)10(2)12(9)16/h19H,4-7H2,1-3H3. The van der Waals surface area contributed by atoms with Crippen molar-refractivity contribution in [2.24, 2.45) is 4.99 Å². The van der Waals surface area contributed by atoms with Crippen LogP contribution in [-0.2, 0) is 10.3 Å². The van der Waals surface area contributed by atoms with Crippen LogP contribution < -0.4 is 4.74 Å². The fourth-order valence-corrected chi connectivity index (χ4v) is 3.62. The van der Waals surface area contributed by atoms with Gasteiger partial charge in [0.25, 0.3) is 0 Å². The predicted octanol–water partition coefficient (Wildman–Crippen LogP) is 3.89. The van der Waals surface area contributed by atoms with Crippen molar-refractivity contribution < 1.29 is 14.6 Å². The molecule has 0 aliphatic heterocycles. The molecule has 1 aromatic carbocycles. The molecular weight excluding hydrogens is 322 g/mol. The van der Waals surface area contributed by atoms with Gasteiger partial charge in [-0.15, -0.1) is 0 Å². The van der Waals surface area contributed by atoms with Crippen molar-refractivity contribution in [1.29, 1.82) is 0 Å². The van der Waals surface area contributed by atoms with Crippen molar-refractivity contribution in [1.82, 2.24) is 0 Å². The van der Waals surface area contributed by atoms with Gasteiger partial charge in [-0.3, -0.25) is 0 Å². The average molecular weight is 340 g/mol. The molecule has 1 aliphatic carbocycles. The van der Waals surface area contributed by atoms with Gasteiger partial charge in [0.15, 0.2) is 11.5 Å². The van der Waals surface area contributed by atoms with Gasteiger partial charge in [0, 0.05) is 15.6 Å². The lowest BCUT2D eigenvalue weighted by atomic mass is 9.84. The summed E-state index contributed by atoms with van der Waals surface area (Å²) in [4.78, 5) is 14.9. The summed E-state index contributed by atoms with van der Waals surface area (Å²) in [6, 6.07) is 0. The summed E-state index contributed by atoms with van der Waals surface area (Å²) in [5.74, 6) is 0.524. The summed E-state index contributed by atoms with van der Waals surface area (Å²) >= 11 is 3.55. The van der Waals surface area contributed by atoms with Crippen LogP contribution in [0.3, 0.4) is 0 Å². The number of phenols is 1. The van der Waals surface area contributed by atoms with Crippen molar-refractivity contribution in [3.05, 3.63) is 21.2 Å². The number of aromatic hydroxyl groups is 1. The van der Waals surface area contributed by atoms with Gasteiger partial charge >= 0.3 is 0 Å². The quantitative estimate of drug-likeness (QED) is 0.671. The third-order valence-electron chi connectivity index (χ3n) is 4.19. The number of aliphatic imine (C=N–C) groups is 1. The number of carbonyl (C=O) groups excluding carboxylic acids is 1. The summed E-state index contributed by atoms with van der Waals surface area (Å²) in [5, 5.41) is 10.6. The smallest absolute Gasteiger partial charge is 0.235 e. The average Bonchev–Trinajstić information content (AvgIpc) is 2.87. The summed E-state index contributed by atoms with van der Waals surface area (Å²) < 4.78 is 6.20. The Bertz CT molecular complexity index is 586. The van der Waals surface area contributed by atoms with Crippen LogP contribution in [0.2, 0.25) is 0 Å². The van der Waals surface area contributed by atoms with E-state index in [9.17, 15) is 9.90 Å². The summed E-state index contributed by atoms with van der Waals surface area (Å²) in [5.41, 5.74) is 1.77. The fourth-order valence-electron chi connectivity index (χ4n) is 3.24. The molecule has 0 amide bonds. The van der Waals surface area contributed by atoms with E-state index in [1.807, 2.05) is 13.8 Å². The Morgan fingerprint density at radius 3 is 2.40 bits per heavy atom. The number of ether oxygens (including phenoxy) is 1. The van der Waals surface area contributed by atoms with Crippen LogP contribution >= 0.6 is 15.9 Å². The number of rotatable bonds is 3. The molecular formula is C15H18BrNO3. The van der Waals surface area contributed by atoms with Gasteiger partial charge in [0.2, 0.25) is 6.08 Å². The van der Waals surface area contributed by atoms with Crippen LogP contribution in [0.1, 0.15) is 42.4 Å². The third-order valence-corrected chi connectivity index (χ3v) is 5.38. The van der Waals surface area contributed by atoms with E-state index in [-0.39, 0.29) is 5.75 Å². The maximum Gasteiger partial charge on any atom is 0.235 e. The molecule has 5 heteroatoms. The number of nitrogens with zero attached hydrogens (tertiary/aromatic N) is 1. The maximum absolute atomic E-state index is 10.9. The number of hydrogen-bond acceptors (Lipinski definition) is 4. The highest BCUT2D eigenvalue weighted by Gasteiger charge is 2.41. The minimum Gasteiger partial charge on any atom is -0.504 e. The van der Waals surface area contributed by atoms with Crippen LogP contribution in [0.5, 0.6) is 11.5 Å². The Morgan fingerprint density at radius 2 is 1.90 bits per heavy atom. The largest absolute Gasteiger partial charge is 0.504 e. The van der Waals surface area contributed by atoms with Gasteiger partial charge in [0.1, 0.15) is 5.54 Å². The van der Waals surface area contributed by atoms with Gasteiger partial charge in [0.05, 0.1) is 7.11 Å². The third kappa shape index (κ3) is 2.15. The highest BCUT2D eigenvalue weighted by Crippen LogP contribution is 2.52.